The van der Waals surface area contributed by atoms with Crippen LogP contribution in [-0.4, -0.2) is 31.3 Å². The lowest BCUT2D eigenvalue weighted by Gasteiger charge is -2.28. The fourth-order valence-electron chi connectivity index (χ4n) is 3.63. The number of ether oxygens (including phenoxy) is 2. The number of nitrogens with one attached hydrogen (secondary N) is 1. The van der Waals surface area contributed by atoms with Crippen LogP contribution in [0, 0.1) is 5.92 Å². The highest BCUT2D eigenvalue weighted by Gasteiger charge is 2.25. The summed E-state index contributed by atoms with van der Waals surface area (Å²) in [7, 11) is 1.37. The van der Waals surface area contributed by atoms with Gasteiger partial charge in [-0.3, -0.25) is 0 Å². The second-order valence-electron chi connectivity index (χ2n) is 7.53. The lowest BCUT2D eigenvalue weighted by molar-refractivity contribution is 0.0226. The smallest absolute Gasteiger partial charge is 0.407 e. The van der Waals surface area contributed by atoms with E-state index >= 15 is 0 Å². The highest BCUT2D eigenvalue weighted by Crippen LogP contribution is 2.29. The topological polar surface area (TPSA) is 64.6 Å². The first-order valence-corrected chi connectivity index (χ1v) is 10.4. The molecular weight excluding hydrogens is 354 g/mol. The van der Waals surface area contributed by atoms with E-state index in [1.165, 1.54) is 26.4 Å². The van der Waals surface area contributed by atoms with E-state index in [1.807, 2.05) is 25.1 Å². The standard InChI is InChI=1S/C23H33NO4/c1-18(24-23(26)27-2)12-6-3-11-17-21(19-13-7-4-8-14-19)28-22(25)20-15-9-5-10-16-20/h5,9-11,15-19,21H,3-4,6-8,12-14H2,1-2H3,(H,24,26)/b17-11+/t18-,21+/m1/s1. The Morgan fingerprint density at radius 1 is 1.18 bits per heavy atom. The molecule has 28 heavy (non-hydrogen) atoms. The first-order chi connectivity index (χ1) is 13.6. The molecule has 5 nitrogen and oxygen atoms in total. The van der Waals surface area contributed by atoms with Gasteiger partial charge in [-0.25, -0.2) is 9.59 Å². The molecule has 0 unspecified atom stereocenters. The van der Waals surface area contributed by atoms with E-state index in [-0.39, 0.29) is 18.1 Å². The van der Waals surface area contributed by atoms with Crippen LogP contribution in [0.25, 0.3) is 0 Å². The molecule has 2 atom stereocenters. The van der Waals surface area contributed by atoms with Crippen molar-refractivity contribution in [3.05, 3.63) is 48.0 Å². The zero-order valence-electron chi connectivity index (χ0n) is 17.1. The Kier molecular flexibility index (Phi) is 9.60. The van der Waals surface area contributed by atoms with Crippen molar-refractivity contribution in [3.63, 3.8) is 0 Å². The summed E-state index contributed by atoms with van der Waals surface area (Å²) in [6.07, 6.45) is 12.2. The predicted octanol–water partition coefficient (Wildman–Crippen LogP) is 5.26. The Hall–Kier alpha value is -2.30. The van der Waals surface area contributed by atoms with E-state index in [9.17, 15) is 9.59 Å². The molecule has 1 aromatic rings. The van der Waals surface area contributed by atoms with Crippen molar-refractivity contribution in [2.75, 3.05) is 7.11 Å². The van der Waals surface area contributed by atoms with Crippen molar-refractivity contribution in [2.24, 2.45) is 5.92 Å². The van der Waals surface area contributed by atoms with E-state index in [1.54, 1.807) is 12.1 Å². The largest absolute Gasteiger partial charge is 0.454 e. The Morgan fingerprint density at radius 2 is 1.89 bits per heavy atom. The van der Waals surface area contributed by atoms with E-state index in [2.05, 4.69) is 22.2 Å². The summed E-state index contributed by atoms with van der Waals surface area (Å²) in [6.45, 7) is 1.97. The van der Waals surface area contributed by atoms with Crippen LogP contribution in [0.2, 0.25) is 0 Å². The fraction of sp³-hybridized carbons (Fsp3) is 0.565. The first-order valence-electron chi connectivity index (χ1n) is 10.4. The third-order valence-corrected chi connectivity index (χ3v) is 5.25. The molecule has 0 spiro atoms. The van der Waals surface area contributed by atoms with Gasteiger partial charge >= 0.3 is 12.1 Å². The number of benzene rings is 1. The Balaban J connectivity index is 1.86. The quantitative estimate of drug-likeness (QED) is 0.356. The van der Waals surface area contributed by atoms with Crippen molar-refractivity contribution in [1.82, 2.24) is 5.32 Å². The van der Waals surface area contributed by atoms with Crippen LogP contribution in [0.1, 0.15) is 68.6 Å². The number of carbonyl (C=O) groups excluding carboxylic acids is 2. The molecule has 1 aromatic carbocycles. The lowest BCUT2D eigenvalue weighted by atomic mass is 9.85. The van der Waals surface area contributed by atoms with Crippen molar-refractivity contribution in [2.45, 2.75) is 70.4 Å². The van der Waals surface area contributed by atoms with Crippen molar-refractivity contribution in [3.8, 4) is 0 Å². The minimum absolute atomic E-state index is 0.0749. The van der Waals surface area contributed by atoms with Gasteiger partial charge in [-0.1, -0.05) is 43.5 Å². The molecule has 154 valence electrons. The molecule has 1 saturated carbocycles. The molecule has 0 saturated heterocycles. The molecule has 1 N–H and O–H groups in total. The summed E-state index contributed by atoms with van der Waals surface area (Å²) >= 11 is 0. The number of rotatable bonds is 9. The third kappa shape index (κ3) is 7.75. The number of amides is 1. The zero-order chi connectivity index (χ0) is 20.2. The summed E-state index contributed by atoms with van der Waals surface area (Å²) in [5.41, 5.74) is 0.597. The van der Waals surface area contributed by atoms with Gasteiger partial charge in [0.15, 0.2) is 0 Å². The van der Waals surface area contributed by atoms with Gasteiger partial charge < -0.3 is 14.8 Å². The van der Waals surface area contributed by atoms with Gasteiger partial charge in [-0.05, 0) is 63.2 Å². The van der Waals surface area contributed by atoms with Crippen LogP contribution in [0.15, 0.2) is 42.5 Å². The van der Waals surface area contributed by atoms with Gasteiger partial charge in [0.2, 0.25) is 0 Å². The molecule has 0 bridgehead atoms. The van der Waals surface area contributed by atoms with Gasteiger partial charge in [0.25, 0.3) is 0 Å². The van der Waals surface area contributed by atoms with E-state index in [0.717, 1.165) is 32.1 Å². The van der Waals surface area contributed by atoms with Crippen molar-refractivity contribution >= 4 is 12.1 Å². The minimum atomic E-state index is -0.395. The van der Waals surface area contributed by atoms with Crippen LogP contribution in [0.4, 0.5) is 4.79 Å². The van der Waals surface area contributed by atoms with Gasteiger partial charge in [0, 0.05) is 6.04 Å². The Morgan fingerprint density at radius 3 is 2.57 bits per heavy atom. The number of esters is 1. The summed E-state index contributed by atoms with van der Waals surface area (Å²) in [4.78, 5) is 23.7. The van der Waals surface area contributed by atoms with E-state index in [4.69, 9.17) is 4.74 Å². The normalized spacial score (nSPS) is 17.1. The molecule has 5 heteroatoms. The molecule has 2 rings (SSSR count). The van der Waals surface area contributed by atoms with Gasteiger partial charge in [0.1, 0.15) is 6.10 Å². The number of hydrogen-bond acceptors (Lipinski definition) is 4. The number of alkyl carbamates (subject to hydrolysis) is 1. The van der Waals surface area contributed by atoms with Gasteiger partial charge in [0.05, 0.1) is 12.7 Å². The van der Waals surface area contributed by atoms with Gasteiger partial charge in [-0.15, -0.1) is 0 Å². The Labute approximate surface area is 168 Å². The molecule has 1 amide bonds. The maximum atomic E-state index is 12.5. The first kappa shape index (κ1) is 22.0. The predicted molar refractivity (Wildman–Crippen MR) is 110 cm³/mol. The highest BCUT2D eigenvalue weighted by atomic mass is 16.5. The maximum Gasteiger partial charge on any atom is 0.407 e. The van der Waals surface area contributed by atoms with E-state index < -0.39 is 6.09 Å². The molecule has 1 aliphatic rings. The minimum Gasteiger partial charge on any atom is -0.454 e. The fourth-order valence-corrected chi connectivity index (χ4v) is 3.63. The molecular formula is C23H33NO4. The average Bonchev–Trinajstić information content (AvgIpc) is 2.73. The lowest BCUT2D eigenvalue weighted by Crippen LogP contribution is -2.32. The summed E-state index contributed by atoms with van der Waals surface area (Å²) in [5, 5.41) is 2.77. The van der Waals surface area contributed by atoms with Crippen LogP contribution in [-0.2, 0) is 9.47 Å². The van der Waals surface area contributed by atoms with Gasteiger partial charge in [-0.2, -0.15) is 0 Å². The maximum absolute atomic E-state index is 12.5. The van der Waals surface area contributed by atoms with Crippen LogP contribution >= 0.6 is 0 Å². The van der Waals surface area contributed by atoms with Crippen molar-refractivity contribution in [1.29, 1.82) is 0 Å². The van der Waals surface area contributed by atoms with Crippen LogP contribution in [0.3, 0.4) is 0 Å². The SMILES string of the molecule is COC(=O)N[C@H](C)CCC/C=C/[C@H](OC(=O)c1ccccc1)C1CCCCC1. The molecule has 1 aliphatic carbocycles. The number of hydrogen-bond donors (Lipinski definition) is 1. The molecule has 0 radical (unpaired) electrons. The monoisotopic (exact) mass is 387 g/mol. The molecule has 0 heterocycles. The molecule has 0 aliphatic heterocycles. The average molecular weight is 388 g/mol. The number of methoxy groups -OCH3 is 1. The number of allylic oxidation sites excluding steroid dienone is 1. The van der Waals surface area contributed by atoms with Crippen LogP contribution < -0.4 is 5.32 Å². The number of unbranched alkanes of at least 4 members (excludes halogenated alkanes) is 1. The zero-order valence-corrected chi connectivity index (χ0v) is 17.1. The third-order valence-electron chi connectivity index (χ3n) is 5.25. The Bertz CT molecular complexity index is 623. The second-order valence-corrected chi connectivity index (χ2v) is 7.53. The van der Waals surface area contributed by atoms with Crippen molar-refractivity contribution < 1.29 is 19.1 Å². The summed E-state index contributed by atoms with van der Waals surface area (Å²) in [5.74, 6) is 0.148. The summed E-state index contributed by atoms with van der Waals surface area (Å²) in [6, 6.07) is 9.26. The second kappa shape index (κ2) is 12.2. The highest BCUT2D eigenvalue weighted by molar-refractivity contribution is 5.89. The van der Waals surface area contributed by atoms with E-state index in [0.29, 0.717) is 11.5 Å². The summed E-state index contributed by atoms with van der Waals surface area (Å²) < 4.78 is 10.5. The number of carbonyl (C=O) groups is 2. The van der Waals surface area contributed by atoms with Crippen LogP contribution in [0.5, 0.6) is 0 Å². The molecule has 0 aromatic heterocycles. The molecule has 1 fully saturated rings.